The van der Waals surface area contributed by atoms with E-state index in [1.54, 1.807) is 32.4 Å². The van der Waals surface area contributed by atoms with Crippen molar-refractivity contribution in [2.75, 3.05) is 40.4 Å². The summed E-state index contributed by atoms with van der Waals surface area (Å²) in [4.78, 5) is 17.2. The molecule has 2 aromatic carbocycles. The molecule has 1 aliphatic heterocycles. The molecule has 0 atom stereocenters. The molecule has 7 heteroatoms. The first-order chi connectivity index (χ1) is 16.0. The maximum Gasteiger partial charge on any atom is 0.276 e. The molecule has 3 aromatic rings. The third kappa shape index (κ3) is 5.20. The van der Waals surface area contributed by atoms with Gasteiger partial charge < -0.3 is 18.9 Å². The molecule has 1 saturated heterocycles. The number of hydrogen-bond donors (Lipinski definition) is 0. The zero-order chi connectivity index (χ0) is 23.4. The van der Waals surface area contributed by atoms with Crippen molar-refractivity contribution in [3.05, 3.63) is 65.4 Å². The van der Waals surface area contributed by atoms with Crippen LogP contribution in [0.4, 0.5) is 0 Å². The maximum atomic E-state index is 13.0. The van der Waals surface area contributed by atoms with Crippen LogP contribution >= 0.6 is 0 Å². The minimum absolute atomic E-state index is 0.118. The zero-order valence-corrected chi connectivity index (χ0v) is 19.7. The Bertz CT molecular complexity index is 1080. The van der Waals surface area contributed by atoms with Crippen LogP contribution in [-0.2, 0) is 6.54 Å². The highest BCUT2D eigenvalue weighted by Crippen LogP contribution is 2.34. The van der Waals surface area contributed by atoms with Gasteiger partial charge in [-0.1, -0.05) is 43.3 Å². The third-order valence-electron chi connectivity index (χ3n) is 6.11. The predicted molar refractivity (Wildman–Crippen MR) is 127 cm³/mol. The van der Waals surface area contributed by atoms with Crippen molar-refractivity contribution in [2.45, 2.75) is 26.3 Å². The second kappa shape index (κ2) is 10.1. The Labute approximate surface area is 194 Å². The lowest BCUT2D eigenvalue weighted by Crippen LogP contribution is -2.48. The SMILES string of the molecule is COc1ccc(OC)c(-c2cc(C(=O)N3CCN(Cc4ccc(C(C)C)cc4)CC3)no2)c1. The summed E-state index contributed by atoms with van der Waals surface area (Å²) in [7, 11) is 3.19. The van der Waals surface area contributed by atoms with E-state index in [2.05, 4.69) is 48.2 Å². The molecule has 0 unspecified atom stereocenters. The summed E-state index contributed by atoms with van der Waals surface area (Å²) in [5, 5.41) is 4.03. The molecule has 0 spiro atoms. The smallest absolute Gasteiger partial charge is 0.276 e. The molecule has 1 aliphatic rings. The van der Waals surface area contributed by atoms with Crippen molar-refractivity contribution in [1.82, 2.24) is 15.0 Å². The van der Waals surface area contributed by atoms with E-state index in [4.69, 9.17) is 14.0 Å². The normalized spacial score (nSPS) is 14.5. The lowest BCUT2D eigenvalue weighted by Gasteiger charge is -2.34. The second-order valence-electron chi connectivity index (χ2n) is 8.61. The van der Waals surface area contributed by atoms with Gasteiger partial charge in [0.15, 0.2) is 11.5 Å². The van der Waals surface area contributed by atoms with Crippen molar-refractivity contribution in [2.24, 2.45) is 0 Å². The number of amides is 1. The van der Waals surface area contributed by atoms with E-state index in [1.807, 2.05) is 11.0 Å². The largest absolute Gasteiger partial charge is 0.497 e. The Hall–Kier alpha value is -3.32. The Kier molecular flexibility index (Phi) is 6.99. The van der Waals surface area contributed by atoms with Crippen LogP contribution in [0.3, 0.4) is 0 Å². The molecular weight excluding hydrogens is 418 g/mol. The molecule has 174 valence electrons. The molecule has 0 bridgehead atoms. The fourth-order valence-electron chi connectivity index (χ4n) is 4.05. The highest BCUT2D eigenvalue weighted by Gasteiger charge is 2.25. The predicted octanol–water partition coefficient (Wildman–Crippen LogP) is 4.44. The molecule has 2 heterocycles. The Balaban J connectivity index is 1.37. The number of nitrogens with zero attached hydrogens (tertiary/aromatic N) is 3. The van der Waals surface area contributed by atoms with Gasteiger partial charge in [-0.2, -0.15) is 0 Å². The molecule has 1 amide bonds. The van der Waals surface area contributed by atoms with E-state index in [1.165, 1.54) is 11.1 Å². The number of carbonyl (C=O) groups is 1. The van der Waals surface area contributed by atoms with E-state index in [0.29, 0.717) is 47.5 Å². The van der Waals surface area contributed by atoms with Gasteiger partial charge in [0.1, 0.15) is 11.5 Å². The van der Waals surface area contributed by atoms with Crippen molar-refractivity contribution in [3.63, 3.8) is 0 Å². The fraction of sp³-hybridized carbons (Fsp3) is 0.385. The summed E-state index contributed by atoms with van der Waals surface area (Å²) in [5.41, 5.74) is 3.64. The van der Waals surface area contributed by atoms with Gasteiger partial charge >= 0.3 is 0 Å². The summed E-state index contributed by atoms with van der Waals surface area (Å²) in [6.07, 6.45) is 0. The van der Waals surface area contributed by atoms with Crippen LogP contribution < -0.4 is 9.47 Å². The lowest BCUT2D eigenvalue weighted by molar-refractivity contribution is 0.0618. The van der Waals surface area contributed by atoms with E-state index >= 15 is 0 Å². The number of benzene rings is 2. The topological polar surface area (TPSA) is 68.0 Å². The molecule has 0 radical (unpaired) electrons. The fourth-order valence-corrected chi connectivity index (χ4v) is 4.05. The number of aromatic nitrogens is 1. The van der Waals surface area contributed by atoms with Crippen LogP contribution in [0.15, 0.2) is 53.1 Å². The summed E-state index contributed by atoms with van der Waals surface area (Å²) in [6, 6.07) is 15.9. The Morgan fingerprint density at radius 3 is 2.36 bits per heavy atom. The van der Waals surface area contributed by atoms with Crippen molar-refractivity contribution in [1.29, 1.82) is 0 Å². The van der Waals surface area contributed by atoms with Crippen LogP contribution in [0.25, 0.3) is 11.3 Å². The molecule has 1 aromatic heterocycles. The van der Waals surface area contributed by atoms with Gasteiger partial charge in [-0.05, 0) is 35.2 Å². The van der Waals surface area contributed by atoms with E-state index in [-0.39, 0.29) is 5.91 Å². The van der Waals surface area contributed by atoms with Gasteiger partial charge in [0, 0.05) is 38.8 Å². The summed E-state index contributed by atoms with van der Waals surface area (Å²) >= 11 is 0. The monoisotopic (exact) mass is 449 g/mol. The van der Waals surface area contributed by atoms with E-state index in [9.17, 15) is 4.79 Å². The van der Waals surface area contributed by atoms with Crippen molar-refractivity contribution in [3.8, 4) is 22.8 Å². The molecule has 0 saturated carbocycles. The average Bonchev–Trinajstić information content (AvgIpc) is 3.34. The first-order valence-electron chi connectivity index (χ1n) is 11.3. The lowest BCUT2D eigenvalue weighted by atomic mass is 10.0. The number of piperazine rings is 1. The third-order valence-corrected chi connectivity index (χ3v) is 6.11. The van der Waals surface area contributed by atoms with Crippen LogP contribution in [-0.4, -0.2) is 61.3 Å². The molecule has 0 aliphatic carbocycles. The van der Waals surface area contributed by atoms with E-state index in [0.717, 1.165) is 19.6 Å². The Morgan fingerprint density at radius 2 is 1.73 bits per heavy atom. The average molecular weight is 450 g/mol. The molecule has 4 rings (SSSR count). The highest BCUT2D eigenvalue weighted by atomic mass is 16.5. The minimum atomic E-state index is -0.118. The molecule has 33 heavy (non-hydrogen) atoms. The molecular formula is C26H31N3O4. The van der Waals surface area contributed by atoms with Gasteiger partial charge in [0.05, 0.1) is 19.8 Å². The van der Waals surface area contributed by atoms with Crippen LogP contribution in [0, 0.1) is 0 Å². The molecule has 0 N–H and O–H groups in total. The van der Waals surface area contributed by atoms with Gasteiger partial charge in [-0.3, -0.25) is 9.69 Å². The summed E-state index contributed by atoms with van der Waals surface area (Å²) in [6.45, 7) is 8.27. The number of ether oxygens (including phenoxy) is 2. The maximum absolute atomic E-state index is 13.0. The van der Waals surface area contributed by atoms with Gasteiger partial charge in [0.2, 0.25) is 0 Å². The Morgan fingerprint density at radius 1 is 1.00 bits per heavy atom. The van der Waals surface area contributed by atoms with Crippen LogP contribution in [0.5, 0.6) is 11.5 Å². The highest BCUT2D eigenvalue weighted by molar-refractivity contribution is 5.93. The second-order valence-corrected chi connectivity index (χ2v) is 8.61. The van der Waals surface area contributed by atoms with Crippen molar-refractivity contribution >= 4 is 5.91 Å². The van der Waals surface area contributed by atoms with Gasteiger partial charge in [-0.15, -0.1) is 0 Å². The quantitative estimate of drug-likeness (QED) is 0.531. The number of hydrogen-bond acceptors (Lipinski definition) is 6. The van der Waals surface area contributed by atoms with E-state index < -0.39 is 0 Å². The van der Waals surface area contributed by atoms with Crippen LogP contribution in [0.1, 0.15) is 41.4 Å². The van der Waals surface area contributed by atoms with Gasteiger partial charge in [-0.25, -0.2) is 0 Å². The summed E-state index contributed by atoms with van der Waals surface area (Å²) < 4.78 is 16.2. The zero-order valence-electron chi connectivity index (χ0n) is 19.7. The first-order valence-corrected chi connectivity index (χ1v) is 11.3. The van der Waals surface area contributed by atoms with Crippen LogP contribution in [0.2, 0.25) is 0 Å². The summed E-state index contributed by atoms with van der Waals surface area (Å²) in [5.74, 6) is 2.19. The van der Waals surface area contributed by atoms with Crippen molar-refractivity contribution < 1.29 is 18.8 Å². The number of rotatable bonds is 7. The first kappa shape index (κ1) is 22.9. The standard InChI is InChI=1S/C26H31N3O4/c1-18(2)20-7-5-19(6-8-20)17-28-11-13-29(14-12-28)26(30)23-16-25(33-27-23)22-15-21(31-3)9-10-24(22)32-4/h5-10,15-16,18H,11-14,17H2,1-4H3. The molecule has 7 nitrogen and oxygen atoms in total. The minimum Gasteiger partial charge on any atom is -0.497 e. The number of carbonyl (C=O) groups excluding carboxylic acids is 1. The van der Waals surface area contributed by atoms with Gasteiger partial charge in [0.25, 0.3) is 5.91 Å². The molecule has 1 fully saturated rings. The number of methoxy groups -OCH3 is 2.